The molecular formula is C38H49Cl3SiTi. The van der Waals surface area contributed by atoms with Gasteiger partial charge in [0.15, 0.2) is 0 Å². The van der Waals surface area contributed by atoms with E-state index in [0.717, 1.165) is 38.5 Å². The second kappa shape index (κ2) is 16.5. The first kappa shape index (κ1) is 40.0. The van der Waals surface area contributed by atoms with Crippen LogP contribution in [0.25, 0.3) is 0 Å². The van der Waals surface area contributed by atoms with Crippen molar-refractivity contribution in [2.45, 2.75) is 104 Å². The molecule has 0 amide bonds. The fourth-order valence-electron chi connectivity index (χ4n) is 7.02. The molecule has 3 aromatic carbocycles. The van der Waals surface area contributed by atoms with E-state index in [9.17, 15) is 0 Å². The Morgan fingerprint density at radius 2 is 0.744 bits per heavy atom. The van der Waals surface area contributed by atoms with Crippen molar-refractivity contribution in [3.63, 3.8) is 0 Å². The molecule has 0 radical (unpaired) electrons. The topological polar surface area (TPSA) is 0 Å². The van der Waals surface area contributed by atoms with Gasteiger partial charge in [-0.05, 0) is 0 Å². The molecule has 0 saturated heterocycles. The number of hydrogen-bond donors (Lipinski definition) is 0. The Morgan fingerprint density at radius 3 is 0.930 bits per heavy atom. The van der Waals surface area contributed by atoms with Gasteiger partial charge in [0.1, 0.15) is 0 Å². The summed E-state index contributed by atoms with van der Waals surface area (Å²) in [6, 6.07) is 23.0. The van der Waals surface area contributed by atoms with Crippen molar-refractivity contribution in [3.8, 4) is 0 Å². The molecule has 230 valence electrons. The van der Waals surface area contributed by atoms with Crippen molar-refractivity contribution in [1.82, 2.24) is 0 Å². The zero-order valence-corrected chi connectivity index (χ0v) is 32.5. The van der Waals surface area contributed by atoms with Crippen LogP contribution in [0.5, 0.6) is 0 Å². The number of hydrogen-bond acceptors (Lipinski definition) is 0. The van der Waals surface area contributed by atoms with Crippen molar-refractivity contribution in [3.05, 3.63) is 111 Å². The van der Waals surface area contributed by atoms with Gasteiger partial charge in [0.25, 0.3) is 0 Å². The summed E-state index contributed by atoms with van der Waals surface area (Å²) in [6.07, 6.45) is 8.88. The van der Waals surface area contributed by atoms with Crippen molar-refractivity contribution < 1.29 is 57.7 Å². The Kier molecular flexibility index (Phi) is 15.3. The first-order valence-corrected chi connectivity index (χ1v) is 18.4. The molecule has 0 aliphatic heterocycles. The third kappa shape index (κ3) is 7.04. The van der Waals surface area contributed by atoms with Crippen LogP contribution in [-0.2, 0) is 59.0 Å². The summed E-state index contributed by atoms with van der Waals surface area (Å²) < 4.78 is -0.0663. The Balaban J connectivity index is 0.00000308. The predicted octanol–water partition coefficient (Wildman–Crippen LogP) is -0.916. The molecule has 1 aliphatic carbocycles. The average Bonchev–Trinajstić information content (AvgIpc) is 3.18. The largest absolute Gasteiger partial charge is 1.00 e. The molecule has 0 saturated carbocycles. The number of halogens is 3. The molecule has 0 nitrogen and oxygen atoms in total. The van der Waals surface area contributed by atoms with Gasteiger partial charge in [0, 0.05) is 0 Å². The standard InChI is InChI=1S/C38H49Si.3ClH.Ti/c1-10-29-17-30(11-2)21-35(20-29)39(38-27(8)16-26(7)28(38)9,36-22-31(12-3)18-32(13-4)23-36)37-24-33(14-5)19-34(15-6)25-37;;;;/h16-25H,10-15H2,1-9H3;3*1H;/q;;;;+3/p-3. The molecule has 4 rings (SSSR count). The molecule has 0 bridgehead atoms. The molecule has 1 atom stereocenters. The van der Waals surface area contributed by atoms with E-state index in [1.165, 1.54) is 44.5 Å². The van der Waals surface area contributed by atoms with E-state index in [1.54, 1.807) is 21.1 Å². The van der Waals surface area contributed by atoms with Crippen molar-refractivity contribution in [2.75, 3.05) is 0 Å². The van der Waals surface area contributed by atoms with Gasteiger partial charge in [-0.25, -0.2) is 0 Å². The number of benzene rings is 3. The van der Waals surface area contributed by atoms with Crippen LogP contribution in [0.3, 0.4) is 0 Å². The van der Waals surface area contributed by atoms with Crippen LogP contribution in [0.4, 0.5) is 0 Å². The Labute approximate surface area is 294 Å². The van der Waals surface area contributed by atoms with Crippen LogP contribution in [-0.4, -0.2) is 8.07 Å². The maximum Gasteiger partial charge on any atom is -1.00 e. The number of rotatable bonds is 10. The minimum Gasteiger partial charge on any atom is -1.00 e. The van der Waals surface area contributed by atoms with Gasteiger partial charge < -0.3 is 37.2 Å². The van der Waals surface area contributed by atoms with E-state index in [4.69, 9.17) is 0 Å². The van der Waals surface area contributed by atoms with Crippen LogP contribution in [0, 0.1) is 0 Å². The summed E-state index contributed by atoms with van der Waals surface area (Å²) in [5.41, 5.74) is 13.3. The molecule has 43 heavy (non-hydrogen) atoms. The SMILES string of the molecule is CCc1cc(CC)cc([Si](c2cc(CC)cc(CC)c2)(c2cc(CC)cc(CC)c2)[C]2([Ti+3])C(C)=CC(C)=C2C)c1.[Cl-].[Cl-].[Cl-]. The summed E-state index contributed by atoms with van der Waals surface area (Å²) in [7, 11) is -2.70. The zero-order valence-electron chi connectivity index (χ0n) is 27.7. The maximum absolute atomic E-state index is 2.70. The fourth-order valence-corrected chi connectivity index (χ4v) is 15.6. The molecule has 0 aromatic heterocycles. The molecule has 1 aliphatic rings. The van der Waals surface area contributed by atoms with E-state index < -0.39 is 8.07 Å². The summed E-state index contributed by atoms with van der Waals surface area (Å²) in [5, 5.41) is 4.75. The quantitative estimate of drug-likeness (QED) is 0.191. The zero-order chi connectivity index (χ0) is 29.2. The summed E-state index contributed by atoms with van der Waals surface area (Å²) in [5.74, 6) is 0. The van der Waals surface area contributed by atoms with Crippen LogP contribution in [0.15, 0.2) is 77.4 Å². The molecule has 1 unspecified atom stereocenters. The maximum atomic E-state index is 2.61. The first-order valence-electron chi connectivity index (χ1n) is 15.6. The van der Waals surface area contributed by atoms with Crippen LogP contribution < -0.4 is 52.8 Å². The van der Waals surface area contributed by atoms with E-state index >= 15 is 0 Å². The molecule has 3 aromatic rings. The van der Waals surface area contributed by atoms with Crippen LogP contribution in [0.2, 0.25) is 3.34 Å². The number of aryl methyl sites for hydroxylation is 6. The molecule has 0 N–H and O–H groups in total. The third-order valence-corrected chi connectivity index (χ3v) is 18.0. The minimum absolute atomic E-state index is 0. The third-order valence-electron chi connectivity index (χ3n) is 9.65. The van der Waals surface area contributed by atoms with E-state index in [0.29, 0.717) is 0 Å². The summed E-state index contributed by atoms with van der Waals surface area (Å²) in [4.78, 5) is 0. The number of allylic oxidation sites excluding steroid dienone is 4. The minimum atomic E-state index is -2.70. The van der Waals surface area contributed by atoms with Gasteiger partial charge in [-0.2, -0.15) is 0 Å². The van der Waals surface area contributed by atoms with Crippen LogP contribution >= 0.6 is 0 Å². The van der Waals surface area contributed by atoms with E-state index in [1.807, 2.05) is 0 Å². The smallest absolute Gasteiger partial charge is 1.00 e. The van der Waals surface area contributed by atoms with Crippen molar-refractivity contribution in [1.29, 1.82) is 0 Å². The van der Waals surface area contributed by atoms with Crippen molar-refractivity contribution in [2.24, 2.45) is 0 Å². The Bertz CT molecular complexity index is 1270. The second-order valence-corrected chi connectivity index (χ2v) is 17.8. The van der Waals surface area contributed by atoms with Gasteiger partial charge in [-0.1, -0.05) is 0 Å². The molecule has 5 heteroatoms. The normalized spacial score (nSPS) is 16.3. The van der Waals surface area contributed by atoms with Gasteiger partial charge in [-0.15, -0.1) is 0 Å². The van der Waals surface area contributed by atoms with Gasteiger partial charge in [-0.3, -0.25) is 0 Å². The molecule has 0 heterocycles. The van der Waals surface area contributed by atoms with E-state index in [-0.39, 0.29) is 40.6 Å². The Hall–Kier alpha value is -1.06. The van der Waals surface area contributed by atoms with Gasteiger partial charge in [0.2, 0.25) is 0 Å². The second-order valence-electron chi connectivity index (χ2n) is 11.9. The van der Waals surface area contributed by atoms with Crippen molar-refractivity contribution >= 4 is 23.6 Å². The molecular weight excluding hydrogens is 639 g/mol. The Morgan fingerprint density at radius 1 is 0.488 bits per heavy atom. The predicted molar refractivity (Wildman–Crippen MR) is 175 cm³/mol. The summed E-state index contributed by atoms with van der Waals surface area (Å²) >= 11 is 2.61. The van der Waals surface area contributed by atoms with Gasteiger partial charge >= 0.3 is 259 Å². The van der Waals surface area contributed by atoms with Crippen LogP contribution in [0.1, 0.15) is 95.7 Å². The van der Waals surface area contributed by atoms with Gasteiger partial charge in [0.05, 0.1) is 0 Å². The fraction of sp³-hybridized carbons (Fsp3) is 0.421. The molecule has 0 spiro atoms. The molecule has 0 fully saturated rings. The monoisotopic (exact) mass is 686 g/mol. The van der Waals surface area contributed by atoms with E-state index in [2.05, 4.69) is 143 Å². The average molecular weight is 688 g/mol. The summed E-state index contributed by atoms with van der Waals surface area (Å²) in [6.45, 7) is 21.1. The first-order chi connectivity index (χ1) is 19.1.